The van der Waals surface area contributed by atoms with E-state index in [0.29, 0.717) is 33.9 Å². The third-order valence-electron chi connectivity index (χ3n) is 7.82. The number of ether oxygens (including phenoxy) is 6. The van der Waals surface area contributed by atoms with Crippen molar-refractivity contribution < 1.29 is 54.3 Å². The van der Waals surface area contributed by atoms with Crippen molar-refractivity contribution in [2.75, 3.05) is 52.1 Å². The summed E-state index contributed by atoms with van der Waals surface area (Å²) in [6.45, 7) is 0. The first-order valence-electron chi connectivity index (χ1n) is 16.2. The van der Waals surface area contributed by atoms with Gasteiger partial charge in [0.1, 0.15) is 34.5 Å². The Morgan fingerprint density at radius 3 is 1.33 bits per heavy atom. The van der Waals surface area contributed by atoms with Crippen molar-refractivity contribution in [3.8, 4) is 63.2 Å². The monoisotopic (exact) mass is 883 g/mol. The summed E-state index contributed by atoms with van der Waals surface area (Å²) in [5, 5.41) is 16.7. The molecule has 0 saturated heterocycles. The lowest BCUT2D eigenvalue weighted by Gasteiger charge is -2.13. The van der Waals surface area contributed by atoms with E-state index >= 15 is 0 Å². The fourth-order valence-corrected chi connectivity index (χ4v) is 8.26. The van der Waals surface area contributed by atoms with Crippen LogP contribution >= 0.6 is 15.9 Å². The van der Waals surface area contributed by atoms with Crippen molar-refractivity contribution in [1.82, 2.24) is 10.3 Å². The van der Waals surface area contributed by atoms with Crippen LogP contribution in [0.5, 0.6) is 34.5 Å². The molecule has 0 atom stereocenters. The number of halogens is 1. The van der Waals surface area contributed by atoms with E-state index in [1.165, 1.54) is 79.1 Å². The van der Waals surface area contributed by atoms with Crippen LogP contribution in [0.3, 0.4) is 0 Å². The van der Waals surface area contributed by atoms with Crippen LogP contribution in [0.4, 0.5) is 11.6 Å². The highest BCUT2D eigenvalue weighted by molar-refractivity contribution is 9.10. The van der Waals surface area contributed by atoms with Gasteiger partial charge in [0, 0.05) is 16.6 Å². The number of nitriles is 1. The third kappa shape index (κ3) is 9.34. The zero-order valence-electron chi connectivity index (χ0n) is 31.0. The van der Waals surface area contributed by atoms with E-state index in [0.717, 1.165) is 4.47 Å². The van der Waals surface area contributed by atoms with Crippen LogP contribution in [-0.2, 0) is 20.0 Å². The first-order chi connectivity index (χ1) is 27.3. The number of anilines is 2. The second kappa shape index (κ2) is 18.0. The molecule has 0 fully saturated rings. The van der Waals surface area contributed by atoms with Gasteiger partial charge in [-0.25, -0.2) is 16.8 Å². The molecule has 57 heavy (non-hydrogen) atoms. The summed E-state index contributed by atoms with van der Waals surface area (Å²) in [6, 6.07) is 24.3. The Kier molecular flexibility index (Phi) is 13.2. The Morgan fingerprint density at radius 2 is 0.947 bits per heavy atom. The highest BCUT2D eigenvalue weighted by atomic mass is 79.9. The normalized spacial score (nSPS) is 11.0. The van der Waals surface area contributed by atoms with E-state index in [9.17, 15) is 16.8 Å². The Hall–Kier alpha value is -6.43. The maximum atomic E-state index is 12.9. The fourth-order valence-electron chi connectivity index (χ4n) is 5.28. The summed E-state index contributed by atoms with van der Waals surface area (Å²) in [4.78, 5) is -0.303. The minimum Gasteiger partial charge on any atom is -0.496 e. The van der Waals surface area contributed by atoms with Gasteiger partial charge in [-0.3, -0.25) is 9.44 Å². The number of benzene rings is 4. The molecule has 2 N–H and O–H groups in total. The van der Waals surface area contributed by atoms with Gasteiger partial charge in [0.2, 0.25) is 0 Å². The van der Waals surface area contributed by atoms with Crippen LogP contribution in [0.25, 0.3) is 22.6 Å². The highest BCUT2D eigenvalue weighted by Crippen LogP contribution is 2.38. The summed E-state index contributed by atoms with van der Waals surface area (Å²) in [5.74, 6) is 2.02. The van der Waals surface area contributed by atoms with Crippen LogP contribution in [-0.4, -0.2) is 69.8 Å². The van der Waals surface area contributed by atoms with Crippen molar-refractivity contribution in [3.05, 3.63) is 95.0 Å². The van der Waals surface area contributed by atoms with Crippen molar-refractivity contribution in [2.24, 2.45) is 0 Å². The molecule has 20 heteroatoms. The van der Waals surface area contributed by atoms with E-state index in [2.05, 4.69) is 35.7 Å². The predicted octanol–water partition coefficient (Wildman–Crippen LogP) is 6.97. The molecule has 0 saturated carbocycles. The van der Waals surface area contributed by atoms with Gasteiger partial charge in [-0.2, -0.15) is 5.26 Å². The lowest BCUT2D eigenvalue weighted by Crippen LogP contribution is -2.15. The smallest absolute Gasteiger partial charge is 0.270 e. The average Bonchev–Trinajstić information content (AvgIpc) is 3.89. The number of nitrogens with zero attached hydrogens (tertiary/aromatic N) is 3. The maximum Gasteiger partial charge on any atom is 0.270 e. The zero-order chi connectivity index (χ0) is 41.3. The Morgan fingerprint density at radius 1 is 0.561 bits per heavy atom. The van der Waals surface area contributed by atoms with Crippen LogP contribution in [0.2, 0.25) is 0 Å². The summed E-state index contributed by atoms with van der Waals surface area (Å²) in [5.41, 5.74) is 1.46. The predicted molar refractivity (Wildman–Crippen MR) is 210 cm³/mol. The van der Waals surface area contributed by atoms with E-state index in [1.54, 1.807) is 42.5 Å². The van der Waals surface area contributed by atoms with E-state index in [-0.39, 0.29) is 50.2 Å². The molecule has 0 aliphatic rings. The van der Waals surface area contributed by atoms with Crippen molar-refractivity contribution in [1.29, 1.82) is 5.26 Å². The average molecular weight is 885 g/mol. The molecule has 6 aromatic rings. The van der Waals surface area contributed by atoms with Gasteiger partial charge in [0.25, 0.3) is 20.0 Å². The first kappa shape index (κ1) is 41.7. The van der Waals surface area contributed by atoms with Gasteiger partial charge in [-0.1, -0.05) is 38.4 Å². The Bertz CT molecular complexity index is 2600. The SMILES string of the molecule is COc1ccc(Br)cc1-c1cc(NS(=O)(=O)c2c(OC)cccc2OC)no1.COc1ccc(C#N)cc1-c1cc(NS(=O)(=O)c2c(OC)cccc2OC)no1. The molecule has 4 aromatic carbocycles. The van der Waals surface area contributed by atoms with Gasteiger partial charge in [0.15, 0.2) is 32.9 Å². The van der Waals surface area contributed by atoms with Gasteiger partial charge < -0.3 is 37.5 Å². The molecule has 0 radical (unpaired) electrons. The highest BCUT2D eigenvalue weighted by Gasteiger charge is 2.28. The molecule has 0 aliphatic heterocycles. The van der Waals surface area contributed by atoms with E-state index in [4.69, 9.17) is 42.7 Å². The Balaban J connectivity index is 0.000000218. The Labute approximate surface area is 336 Å². The third-order valence-corrected chi connectivity index (χ3v) is 11.2. The topological polar surface area (TPSA) is 224 Å². The number of rotatable bonds is 14. The number of methoxy groups -OCH3 is 6. The molecule has 298 valence electrons. The molecule has 0 spiro atoms. The summed E-state index contributed by atoms with van der Waals surface area (Å²) < 4.78 is 98.9. The number of sulfonamides is 2. The molecule has 0 amide bonds. The lowest BCUT2D eigenvalue weighted by atomic mass is 10.1. The summed E-state index contributed by atoms with van der Waals surface area (Å²) >= 11 is 3.38. The number of hydrogen-bond donors (Lipinski definition) is 2. The molecular formula is C37H34BrN5O12S2. The number of aromatic nitrogens is 2. The molecule has 0 bridgehead atoms. The molecule has 6 rings (SSSR count). The lowest BCUT2D eigenvalue weighted by molar-refractivity contribution is 0.373. The van der Waals surface area contributed by atoms with E-state index in [1.807, 2.05) is 12.1 Å². The minimum atomic E-state index is -4.10. The molecule has 2 aromatic heterocycles. The molecule has 0 aliphatic carbocycles. The van der Waals surface area contributed by atoms with Crippen LogP contribution < -0.4 is 37.9 Å². The number of hydrogen-bond acceptors (Lipinski definition) is 15. The van der Waals surface area contributed by atoms with Gasteiger partial charge in [0.05, 0.1) is 65.4 Å². The molecule has 17 nitrogen and oxygen atoms in total. The van der Waals surface area contributed by atoms with Crippen LogP contribution in [0, 0.1) is 11.3 Å². The van der Waals surface area contributed by atoms with Gasteiger partial charge in [-0.15, -0.1) is 0 Å². The second-order valence-corrected chi connectivity index (χ2v) is 15.4. The quantitative estimate of drug-likeness (QED) is 0.113. The summed E-state index contributed by atoms with van der Waals surface area (Å²) in [7, 11) is 0.311. The second-order valence-electron chi connectivity index (χ2n) is 11.2. The fraction of sp³-hybridized carbons (Fsp3) is 0.162. The molecular weight excluding hydrogens is 850 g/mol. The largest absolute Gasteiger partial charge is 0.496 e. The summed E-state index contributed by atoms with van der Waals surface area (Å²) in [6.07, 6.45) is 0. The van der Waals surface area contributed by atoms with Crippen LogP contribution in [0.15, 0.2) is 108 Å². The van der Waals surface area contributed by atoms with Gasteiger partial charge >= 0.3 is 0 Å². The van der Waals surface area contributed by atoms with Crippen molar-refractivity contribution in [2.45, 2.75) is 9.79 Å². The zero-order valence-corrected chi connectivity index (χ0v) is 34.2. The van der Waals surface area contributed by atoms with Gasteiger partial charge in [-0.05, 0) is 60.7 Å². The molecule has 0 unspecified atom stereocenters. The van der Waals surface area contributed by atoms with Crippen molar-refractivity contribution in [3.63, 3.8) is 0 Å². The standard InChI is InChI=1S/C19H17N3O6S.C18H17BrN2O6S/c1-25-14-8-7-12(11-20)9-13(14)17-10-18(21-28-17)22-29(23,24)19-15(26-2)5-4-6-16(19)27-3;1-24-13-8-7-11(19)9-12(13)16-10-17(20-27-16)21-28(22,23)18-14(25-2)5-4-6-15(18)26-3/h4-10H,1-3H3,(H,21,22);4-10H,1-3H3,(H,20,21). The minimum absolute atomic E-state index is 0.00462. The maximum absolute atomic E-state index is 12.9. The first-order valence-corrected chi connectivity index (χ1v) is 19.9. The number of nitrogens with one attached hydrogen (secondary N) is 2. The van der Waals surface area contributed by atoms with Crippen LogP contribution in [0.1, 0.15) is 5.56 Å². The van der Waals surface area contributed by atoms with E-state index < -0.39 is 20.0 Å². The molecule has 2 heterocycles. The van der Waals surface area contributed by atoms with Crippen molar-refractivity contribution >= 4 is 47.6 Å².